The van der Waals surface area contributed by atoms with E-state index in [1.54, 1.807) is 11.8 Å². The predicted molar refractivity (Wildman–Crippen MR) is 101 cm³/mol. The molecule has 1 aliphatic rings. The number of likely N-dealkylation sites (N-methyl/N-ethyl adjacent to an activating group) is 1. The summed E-state index contributed by atoms with van der Waals surface area (Å²) in [5, 5.41) is 12.0. The van der Waals surface area contributed by atoms with Gasteiger partial charge < -0.3 is 10.4 Å². The smallest absolute Gasteiger partial charge is 0.317 e. The van der Waals surface area contributed by atoms with Crippen LogP contribution < -0.4 is 5.32 Å². The Kier molecular flexibility index (Phi) is 7.32. The number of thioether (sulfide) groups is 1. The van der Waals surface area contributed by atoms with Gasteiger partial charge in [-0.15, -0.1) is 11.8 Å². The number of carbonyl (C=O) groups is 2. The Hall–Kier alpha value is -1.53. The number of carbonyl (C=O) groups excluding carboxylic acids is 1. The number of aliphatic carboxylic acids is 1. The molecule has 0 unspecified atom stereocenters. The van der Waals surface area contributed by atoms with E-state index in [0.717, 1.165) is 25.1 Å². The van der Waals surface area contributed by atoms with Crippen LogP contribution in [-0.2, 0) is 9.59 Å². The second-order valence-corrected chi connectivity index (χ2v) is 7.86. The highest BCUT2D eigenvalue weighted by atomic mass is 32.2. The summed E-state index contributed by atoms with van der Waals surface area (Å²) in [5.74, 6) is 0.0590. The lowest BCUT2D eigenvalue weighted by Gasteiger charge is -2.42. The van der Waals surface area contributed by atoms with Crippen LogP contribution in [0.4, 0.5) is 0 Å². The Balaban J connectivity index is 1.65. The first-order chi connectivity index (χ1) is 11.9. The van der Waals surface area contributed by atoms with E-state index in [1.165, 1.54) is 16.0 Å². The zero-order valence-electron chi connectivity index (χ0n) is 15.2. The van der Waals surface area contributed by atoms with Crippen molar-refractivity contribution in [3.63, 3.8) is 0 Å². The molecule has 25 heavy (non-hydrogen) atoms. The zero-order valence-corrected chi connectivity index (χ0v) is 16.1. The molecule has 0 aromatic heterocycles. The highest BCUT2D eigenvalue weighted by Crippen LogP contribution is 2.26. The molecule has 1 saturated carbocycles. The molecule has 0 atom stereocenters. The quantitative estimate of drug-likeness (QED) is 0.660. The third kappa shape index (κ3) is 6.04. The van der Waals surface area contributed by atoms with E-state index in [4.69, 9.17) is 5.11 Å². The van der Waals surface area contributed by atoms with Gasteiger partial charge in [0.15, 0.2) is 0 Å². The fourth-order valence-electron chi connectivity index (χ4n) is 3.04. The Labute approximate surface area is 154 Å². The third-order valence-corrected chi connectivity index (χ3v) is 5.81. The maximum Gasteiger partial charge on any atom is 0.317 e. The Morgan fingerprint density at radius 3 is 2.60 bits per heavy atom. The molecule has 0 bridgehead atoms. The number of aryl methyl sites for hydroxylation is 2. The lowest BCUT2D eigenvalue weighted by Crippen LogP contribution is -2.54. The average Bonchev–Trinajstić information content (AvgIpc) is 2.52. The third-order valence-electron chi connectivity index (χ3n) is 4.82. The molecule has 2 N–H and O–H groups in total. The number of nitrogens with one attached hydrogen (secondary N) is 1. The number of nitrogens with zero attached hydrogens (tertiary/aromatic N) is 1. The number of hydrogen-bond donors (Lipinski definition) is 2. The van der Waals surface area contributed by atoms with Crippen molar-refractivity contribution in [3.05, 3.63) is 29.3 Å². The number of carboxylic acid groups (broad SMARTS) is 1. The summed E-state index contributed by atoms with van der Waals surface area (Å²) in [4.78, 5) is 26.0. The largest absolute Gasteiger partial charge is 0.480 e. The number of benzene rings is 1. The molecule has 1 aromatic rings. The lowest BCUT2D eigenvalue weighted by molar-refractivity contribution is -0.139. The van der Waals surface area contributed by atoms with Crippen LogP contribution in [0, 0.1) is 13.8 Å². The maximum absolute atomic E-state index is 12.0. The maximum atomic E-state index is 12.0. The molecule has 1 aromatic carbocycles. The van der Waals surface area contributed by atoms with Gasteiger partial charge in [-0.2, -0.15) is 0 Å². The molecule has 6 heteroatoms. The van der Waals surface area contributed by atoms with E-state index >= 15 is 0 Å². The molecular weight excluding hydrogens is 336 g/mol. The van der Waals surface area contributed by atoms with Crippen LogP contribution in [0.3, 0.4) is 0 Å². The van der Waals surface area contributed by atoms with Crippen LogP contribution in [0.15, 0.2) is 23.1 Å². The molecule has 138 valence electrons. The van der Waals surface area contributed by atoms with Gasteiger partial charge in [-0.25, -0.2) is 0 Å². The van der Waals surface area contributed by atoms with Crippen LogP contribution in [0.5, 0.6) is 0 Å². The fraction of sp³-hybridized carbons (Fsp3) is 0.579. The summed E-state index contributed by atoms with van der Waals surface area (Å²) >= 11 is 1.71. The number of rotatable bonds is 9. The van der Waals surface area contributed by atoms with E-state index in [-0.39, 0.29) is 24.5 Å². The average molecular weight is 365 g/mol. The van der Waals surface area contributed by atoms with E-state index in [1.807, 2.05) is 11.8 Å². The molecule has 0 aliphatic heterocycles. The second kappa shape index (κ2) is 9.25. The van der Waals surface area contributed by atoms with Gasteiger partial charge in [0.1, 0.15) is 0 Å². The first-order valence-corrected chi connectivity index (χ1v) is 9.82. The lowest BCUT2D eigenvalue weighted by atomic mass is 9.85. The van der Waals surface area contributed by atoms with Crippen molar-refractivity contribution in [2.75, 3.05) is 18.8 Å². The number of hydrogen-bond acceptors (Lipinski definition) is 4. The van der Waals surface area contributed by atoms with Crippen molar-refractivity contribution in [3.8, 4) is 0 Å². The minimum atomic E-state index is -0.794. The predicted octanol–water partition coefficient (Wildman–Crippen LogP) is 2.84. The van der Waals surface area contributed by atoms with Crippen molar-refractivity contribution in [1.29, 1.82) is 0 Å². The summed E-state index contributed by atoms with van der Waals surface area (Å²) in [6.07, 6.45) is 2.19. The summed E-state index contributed by atoms with van der Waals surface area (Å²) in [6, 6.07) is 6.84. The van der Waals surface area contributed by atoms with Crippen LogP contribution in [-0.4, -0.2) is 52.8 Å². The molecule has 1 aliphatic carbocycles. The Morgan fingerprint density at radius 2 is 2.00 bits per heavy atom. The van der Waals surface area contributed by atoms with Gasteiger partial charge in [-0.05, 0) is 56.5 Å². The minimum absolute atomic E-state index is 0.0778. The standard InChI is InChI=1S/C19H28N2O3S/c1-4-21(12-19(23)24)16-10-15(11-16)20-18(22)7-8-25-17-6-5-13(2)14(3)9-17/h5-6,9,15-16H,4,7-8,10-12H2,1-3H3,(H,20,22)(H,23,24). The molecule has 1 fully saturated rings. The molecule has 5 nitrogen and oxygen atoms in total. The topological polar surface area (TPSA) is 69.6 Å². The van der Waals surface area contributed by atoms with Gasteiger partial charge in [0.25, 0.3) is 0 Å². The molecule has 1 amide bonds. The van der Waals surface area contributed by atoms with Crippen molar-refractivity contribution >= 4 is 23.6 Å². The van der Waals surface area contributed by atoms with Gasteiger partial charge in [-0.3, -0.25) is 14.5 Å². The molecular formula is C19H28N2O3S. The minimum Gasteiger partial charge on any atom is -0.480 e. The molecule has 0 saturated heterocycles. The molecule has 0 radical (unpaired) electrons. The van der Waals surface area contributed by atoms with Crippen LogP contribution in [0.1, 0.15) is 37.3 Å². The second-order valence-electron chi connectivity index (χ2n) is 6.69. The van der Waals surface area contributed by atoms with Gasteiger partial charge in [0.2, 0.25) is 5.91 Å². The van der Waals surface area contributed by atoms with Gasteiger partial charge >= 0.3 is 5.97 Å². The summed E-state index contributed by atoms with van der Waals surface area (Å²) < 4.78 is 0. The summed E-state index contributed by atoms with van der Waals surface area (Å²) in [5.41, 5.74) is 2.56. The molecule has 0 heterocycles. The number of carboxylic acids is 1. The monoisotopic (exact) mass is 364 g/mol. The van der Waals surface area contributed by atoms with Crippen molar-refractivity contribution in [2.24, 2.45) is 0 Å². The fourth-order valence-corrected chi connectivity index (χ4v) is 3.99. The number of amides is 1. The SMILES string of the molecule is CCN(CC(=O)O)C1CC(NC(=O)CCSc2ccc(C)c(C)c2)C1. The van der Waals surface area contributed by atoms with Gasteiger partial charge in [-0.1, -0.05) is 13.0 Å². The normalized spacial score (nSPS) is 19.5. The molecule has 0 spiro atoms. The molecule has 2 rings (SSSR count). The van der Waals surface area contributed by atoms with E-state index in [0.29, 0.717) is 6.42 Å². The Bertz CT molecular complexity index is 615. The van der Waals surface area contributed by atoms with Crippen LogP contribution in [0.25, 0.3) is 0 Å². The van der Waals surface area contributed by atoms with Crippen molar-refractivity contribution < 1.29 is 14.7 Å². The zero-order chi connectivity index (χ0) is 18.4. The van der Waals surface area contributed by atoms with Crippen molar-refractivity contribution in [2.45, 2.75) is 57.0 Å². The summed E-state index contributed by atoms with van der Waals surface area (Å²) in [7, 11) is 0. The van der Waals surface area contributed by atoms with E-state index in [9.17, 15) is 9.59 Å². The van der Waals surface area contributed by atoms with Gasteiger partial charge in [0.05, 0.1) is 6.54 Å². The Morgan fingerprint density at radius 1 is 1.28 bits per heavy atom. The van der Waals surface area contributed by atoms with E-state index < -0.39 is 5.97 Å². The summed E-state index contributed by atoms with van der Waals surface area (Å²) in [6.45, 7) is 6.97. The van der Waals surface area contributed by atoms with Crippen LogP contribution in [0.2, 0.25) is 0 Å². The first-order valence-electron chi connectivity index (χ1n) is 8.84. The highest BCUT2D eigenvalue weighted by Gasteiger charge is 2.34. The highest BCUT2D eigenvalue weighted by molar-refractivity contribution is 7.99. The van der Waals surface area contributed by atoms with Gasteiger partial charge in [0, 0.05) is 29.2 Å². The van der Waals surface area contributed by atoms with Crippen molar-refractivity contribution in [1.82, 2.24) is 10.2 Å². The van der Waals surface area contributed by atoms with E-state index in [2.05, 4.69) is 37.4 Å². The van der Waals surface area contributed by atoms with Crippen LogP contribution >= 0.6 is 11.8 Å². The first kappa shape index (κ1) is 19.8.